The van der Waals surface area contributed by atoms with Gasteiger partial charge in [-0.25, -0.2) is 19.3 Å². The Labute approximate surface area is 206 Å². The maximum absolute atomic E-state index is 13.7. The molecule has 1 amide bonds. The van der Waals surface area contributed by atoms with Crippen LogP contribution >= 0.6 is 0 Å². The molecule has 1 fully saturated rings. The molecule has 4 rings (SSSR count). The highest BCUT2D eigenvalue weighted by molar-refractivity contribution is 7.78. The minimum Gasteiger partial charge on any atom is -0.494 e. The summed E-state index contributed by atoms with van der Waals surface area (Å²) < 4.78 is 36.1. The molecule has 1 aliphatic rings. The number of aromatic nitrogens is 2. The van der Waals surface area contributed by atoms with Crippen LogP contribution in [0, 0.1) is 5.82 Å². The van der Waals surface area contributed by atoms with Crippen LogP contribution in [-0.4, -0.2) is 62.9 Å². The summed E-state index contributed by atoms with van der Waals surface area (Å²) in [4.78, 5) is 21.5. The lowest BCUT2D eigenvalue weighted by Gasteiger charge is -2.36. The molecule has 0 spiro atoms. The van der Waals surface area contributed by atoms with Crippen molar-refractivity contribution in [3.05, 3.63) is 66.4 Å². The number of nitrogens with two attached hydrogens (primary N) is 1. The van der Waals surface area contributed by atoms with Crippen molar-refractivity contribution in [1.29, 1.82) is 0 Å². The number of methoxy groups -OCH3 is 1. The van der Waals surface area contributed by atoms with Gasteiger partial charge in [-0.15, -0.1) is 0 Å². The number of ether oxygens (including phenoxy) is 1. The van der Waals surface area contributed by atoms with E-state index in [9.17, 15) is 13.4 Å². The summed E-state index contributed by atoms with van der Waals surface area (Å²) in [6.45, 7) is 2.37. The summed E-state index contributed by atoms with van der Waals surface area (Å²) in [5.41, 5.74) is 2.42. The summed E-state index contributed by atoms with van der Waals surface area (Å²) in [7, 11) is 3.27. The third kappa shape index (κ3) is 6.05. The molecule has 0 bridgehead atoms. The normalized spacial score (nSPS) is 15.5. The zero-order valence-electron chi connectivity index (χ0n) is 19.6. The van der Waals surface area contributed by atoms with Crippen molar-refractivity contribution in [3.63, 3.8) is 0 Å². The van der Waals surface area contributed by atoms with Crippen molar-refractivity contribution in [2.75, 3.05) is 27.2 Å². The maximum atomic E-state index is 13.7. The number of likely N-dealkylation sites (tertiary alicyclic amines) is 1. The van der Waals surface area contributed by atoms with Crippen molar-refractivity contribution < 1.29 is 22.3 Å². The van der Waals surface area contributed by atoms with Crippen molar-refractivity contribution in [2.45, 2.75) is 25.4 Å². The number of nitrogens with zero attached hydrogens (tertiary/aromatic N) is 4. The van der Waals surface area contributed by atoms with Gasteiger partial charge in [0, 0.05) is 44.5 Å². The largest absolute Gasteiger partial charge is 0.494 e. The molecule has 1 saturated heterocycles. The number of piperidine rings is 1. The van der Waals surface area contributed by atoms with Crippen molar-refractivity contribution in [1.82, 2.24) is 19.4 Å². The Balaban J connectivity index is 1.32. The van der Waals surface area contributed by atoms with E-state index in [1.807, 2.05) is 7.05 Å². The molecule has 0 saturated carbocycles. The first-order valence-corrected chi connectivity index (χ1v) is 12.3. The van der Waals surface area contributed by atoms with Gasteiger partial charge in [-0.3, -0.25) is 9.47 Å². The highest BCUT2D eigenvalue weighted by atomic mass is 32.2. The lowest BCUT2D eigenvalue weighted by Crippen LogP contribution is -2.46. The van der Waals surface area contributed by atoms with Gasteiger partial charge in [-0.2, -0.15) is 4.21 Å². The molecule has 11 heteroatoms. The molecule has 3 aromatic rings. The quantitative estimate of drug-likeness (QED) is 0.534. The Morgan fingerprint density at radius 1 is 1.23 bits per heavy atom. The van der Waals surface area contributed by atoms with Gasteiger partial charge in [-0.1, -0.05) is 6.07 Å². The second-order valence-electron chi connectivity index (χ2n) is 8.40. The number of hydrogen-bond acceptors (Lipinski definition) is 6. The van der Waals surface area contributed by atoms with Crippen LogP contribution < -0.4 is 14.1 Å². The molecule has 2 N–H and O–H groups in total. The van der Waals surface area contributed by atoms with Crippen LogP contribution in [0.5, 0.6) is 11.5 Å². The van der Waals surface area contributed by atoms with E-state index < -0.39 is 11.3 Å². The number of imidazole rings is 1. The summed E-state index contributed by atoms with van der Waals surface area (Å²) in [5, 5.41) is 5.13. The molecule has 0 radical (unpaired) electrons. The summed E-state index contributed by atoms with van der Waals surface area (Å²) in [6.07, 6.45) is 4.87. The summed E-state index contributed by atoms with van der Waals surface area (Å²) >= 11 is -1.88. The predicted octanol–water partition coefficient (Wildman–Crippen LogP) is 3.18. The number of hydrogen-bond donors (Lipinski definition) is 1. The first kappa shape index (κ1) is 24.8. The molecule has 186 valence electrons. The summed E-state index contributed by atoms with van der Waals surface area (Å²) in [5.74, 6) is 0.265. The fraction of sp³-hybridized carbons (Fsp3) is 0.333. The average molecular weight is 502 g/mol. The van der Waals surface area contributed by atoms with Crippen LogP contribution in [0.15, 0.2) is 55.0 Å². The van der Waals surface area contributed by atoms with Gasteiger partial charge in [0.05, 0.1) is 12.8 Å². The van der Waals surface area contributed by atoms with E-state index in [-0.39, 0.29) is 23.6 Å². The van der Waals surface area contributed by atoms with Gasteiger partial charge in [0.2, 0.25) is 0 Å². The van der Waals surface area contributed by atoms with E-state index >= 15 is 0 Å². The second-order valence-corrected chi connectivity index (χ2v) is 9.09. The van der Waals surface area contributed by atoms with Crippen molar-refractivity contribution in [2.24, 2.45) is 5.14 Å². The van der Waals surface area contributed by atoms with Gasteiger partial charge in [0.25, 0.3) is 11.3 Å². The number of halogens is 1. The van der Waals surface area contributed by atoms with Crippen LogP contribution in [0.25, 0.3) is 11.3 Å². The van der Waals surface area contributed by atoms with Crippen LogP contribution in [-0.2, 0) is 17.8 Å². The highest BCUT2D eigenvalue weighted by Crippen LogP contribution is 2.24. The number of amides is 1. The molecule has 1 aliphatic heterocycles. The Morgan fingerprint density at radius 2 is 1.94 bits per heavy atom. The zero-order chi connectivity index (χ0) is 24.9. The smallest absolute Gasteiger partial charge is 0.329 e. The van der Waals surface area contributed by atoms with E-state index in [0.717, 1.165) is 37.1 Å². The van der Waals surface area contributed by atoms with Crippen LogP contribution in [0.4, 0.5) is 9.18 Å². The van der Waals surface area contributed by atoms with Crippen molar-refractivity contribution >= 4 is 17.3 Å². The van der Waals surface area contributed by atoms with E-state index in [2.05, 4.69) is 9.88 Å². The zero-order valence-corrected chi connectivity index (χ0v) is 20.4. The minimum atomic E-state index is -1.88. The van der Waals surface area contributed by atoms with E-state index in [1.54, 1.807) is 47.5 Å². The monoisotopic (exact) mass is 501 g/mol. The van der Waals surface area contributed by atoms with E-state index in [4.69, 9.17) is 14.1 Å². The third-order valence-corrected chi connectivity index (χ3v) is 6.52. The third-order valence-electron chi connectivity index (χ3n) is 6.16. The van der Waals surface area contributed by atoms with Gasteiger partial charge in [-0.05, 0) is 54.8 Å². The molecular weight excluding hydrogens is 473 g/mol. The topological polar surface area (TPSA) is 103 Å². The van der Waals surface area contributed by atoms with Crippen LogP contribution in [0.3, 0.4) is 0 Å². The predicted molar refractivity (Wildman–Crippen MR) is 130 cm³/mol. The van der Waals surface area contributed by atoms with Gasteiger partial charge in [0.15, 0.2) is 11.6 Å². The van der Waals surface area contributed by atoms with E-state index in [1.165, 1.54) is 24.1 Å². The maximum Gasteiger partial charge on any atom is 0.329 e. The summed E-state index contributed by atoms with van der Waals surface area (Å²) in [6, 6.07) is 11.7. The first-order chi connectivity index (χ1) is 16.8. The SMILES string of the molecule is COc1cc(CN2CCC(N(C)C(=O)n3cnc(-c4ccc(OS(N)=O)cc4)c3)CC2)ccc1F. The molecule has 1 aromatic heterocycles. The lowest BCUT2D eigenvalue weighted by molar-refractivity contribution is 0.132. The molecule has 2 heterocycles. The molecular formula is C24H28FN5O4S. The molecule has 35 heavy (non-hydrogen) atoms. The Hall–Kier alpha value is -3.28. The van der Waals surface area contributed by atoms with Gasteiger partial charge >= 0.3 is 6.03 Å². The van der Waals surface area contributed by atoms with E-state index in [0.29, 0.717) is 18.0 Å². The number of rotatable bonds is 7. The molecule has 1 unspecified atom stereocenters. The minimum absolute atomic E-state index is 0.112. The fourth-order valence-electron chi connectivity index (χ4n) is 4.22. The lowest BCUT2D eigenvalue weighted by atomic mass is 10.0. The molecule has 0 aliphatic carbocycles. The van der Waals surface area contributed by atoms with Crippen LogP contribution in [0.2, 0.25) is 0 Å². The van der Waals surface area contributed by atoms with Crippen molar-refractivity contribution in [3.8, 4) is 22.8 Å². The van der Waals surface area contributed by atoms with Crippen LogP contribution in [0.1, 0.15) is 18.4 Å². The molecule has 2 aromatic carbocycles. The fourth-order valence-corrected chi connectivity index (χ4v) is 4.52. The Bertz CT molecular complexity index is 1190. The molecule has 1 atom stereocenters. The van der Waals surface area contributed by atoms with Gasteiger partial charge < -0.3 is 13.8 Å². The number of carbonyl (C=O) groups is 1. The number of benzene rings is 2. The average Bonchev–Trinajstić information content (AvgIpc) is 3.35. The Morgan fingerprint density at radius 3 is 2.60 bits per heavy atom. The Kier molecular flexibility index (Phi) is 7.79. The standard InChI is InChI=1S/C24H28FN5O4S/c1-28(19-9-11-29(12-10-19)14-17-3-8-21(25)23(13-17)33-2)24(31)30-15-22(27-16-30)18-4-6-20(7-5-18)34-35(26)32/h3-8,13,15-16,19H,9-12,14,26H2,1-2H3. The molecule has 9 nitrogen and oxygen atoms in total. The van der Waals surface area contributed by atoms with Gasteiger partial charge in [0.1, 0.15) is 12.1 Å². The first-order valence-electron chi connectivity index (χ1n) is 11.1. The highest BCUT2D eigenvalue weighted by Gasteiger charge is 2.26. The second kappa shape index (κ2) is 11.0. The number of carbonyl (C=O) groups excluding carboxylic acids is 1.